The van der Waals surface area contributed by atoms with Gasteiger partial charge in [0.15, 0.2) is 5.17 Å². The molecule has 0 unspecified atom stereocenters. The highest BCUT2D eigenvalue weighted by Gasteiger charge is 2.33. The summed E-state index contributed by atoms with van der Waals surface area (Å²) in [7, 11) is 0. The fourth-order valence-electron chi connectivity index (χ4n) is 4.64. The summed E-state index contributed by atoms with van der Waals surface area (Å²) in [6.45, 7) is 0.694. The van der Waals surface area contributed by atoms with Crippen LogP contribution >= 0.6 is 27.7 Å². The van der Waals surface area contributed by atoms with E-state index in [-0.39, 0.29) is 18.0 Å². The van der Waals surface area contributed by atoms with Gasteiger partial charge >= 0.3 is 5.97 Å². The number of amidine groups is 1. The lowest BCUT2D eigenvalue weighted by atomic mass is 10.1. The van der Waals surface area contributed by atoms with Crippen LogP contribution in [0.4, 0.5) is 5.69 Å². The van der Waals surface area contributed by atoms with Crippen molar-refractivity contribution in [3.63, 3.8) is 0 Å². The van der Waals surface area contributed by atoms with Crippen LogP contribution in [0.3, 0.4) is 0 Å². The molecule has 1 aliphatic rings. The Labute approximate surface area is 261 Å². The lowest BCUT2D eigenvalue weighted by Gasteiger charge is -2.16. The Morgan fingerprint density at radius 3 is 2.33 bits per heavy atom. The van der Waals surface area contributed by atoms with Crippen molar-refractivity contribution in [2.75, 3.05) is 0 Å². The van der Waals surface area contributed by atoms with Crippen molar-refractivity contribution < 1.29 is 19.4 Å². The van der Waals surface area contributed by atoms with Crippen LogP contribution in [-0.4, -0.2) is 27.1 Å². The lowest BCUT2D eigenvalue weighted by molar-refractivity contribution is -0.122. The Morgan fingerprint density at radius 2 is 1.58 bits per heavy atom. The van der Waals surface area contributed by atoms with Crippen molar-refractivity contribution in [2.45, 2.75) is 13.2 Å². The minimum absolute atomic E-state index is 0.172. The Hall–Kier alpha value is -4.66. The first-order valence-electron chi connectivity index (χ1n) is 13.5. The number of aliphatic imine (C=N–C) groups is 1. The maximum absolute atomic E-state index is 13.6. The molecule has 0 aliphatic carbocycles. The fraction of sp³-hybridized carbons (Fsp3) is 0.0571. The van der Waals surface area contributed by atoms with Gasteiger partial charge in [-0.05, 0) is 104 Å². The van der Waals surface area contributed by atoms with Crippen molar-refractivity contribution in [3.8, 4) is 5.75 Å². The zero-order valence-corrected chi connectivity index (χ0v) is 25.2. The SMILES string of the molecule is O=C(O)c1ccc(CN2C(=O)/C(=C/c3ccc(OCc4ccc5ccccc5c4)c(Br)c3)SC2=Nc2ccccc2)cc1. The van der Waals surface area contributed by atoms with Crippen molar-refractivity contribution >= 4 is 67.3 Å². The molecule has 8 heteroatoms. The van der Waals surface area contributed by atoms with Crippen LogP contribution in [0, 0.1) is 0 Å². The molecule has 6 rings (SSSR count). The number of nitrogens with zero attached hydrogens (tertiary/aromatic N) is 2. The highest BCUT2D eigenvalue weighted by molar-refractivity contribution is 9.10. The van der Waals surface area contributed by atoms with Gasteiger partial charge in [0.2, 0.25) is 0 Å². The average Bonchev–Trinajstić information content (AvgIpc) is 3.30. The Kier molecular flexibility index (Phi) is 8.40. The van der Waals surface area contributed by atoms with Crippen LogP contribution in [0.5, 0.6) is 5.75 Å². The van der Waals surface area contributed by atoms with E-state index in [0.717, 1.165) is 26.9 Å². The summed E-state index contributed by atoms with van der Waals surface area (Å²) in [6, 6.07) is 36.3. The molecule has 1 N–H and O–H groups in total. The second kappa shape index (κ2) is 12.7. The number of aromatic carboxylic acids is 1. The van der Waals surface area contributed by atoms with E-state index in [9.17, 15) is 14.7 Å². The Bertz CT molecular complexity index is 1890. The first-order chi connectivity index (χ1) is 20.9. The van der Waals surface area contributed by atoms with Crippen LogP contribution in [0.2, 0.25) is 0 Å². The number of carboxylic acid groups (broad SMARTS) is 1. The predicted octanol–water partition coefficient (Wildman–Crippen LogP) is 8.68. The maximum Gasteiger partial charge on any atom is 0.335 e. The Morgan fingerprint density at radius 1 is 0.860 bits per heavy atom. The Balaban J connectivity index is 1.22. The molecule has 1 amide bonds. The number of carboxylic acids is 1. The number of para-hydroxylation sites is 1. The summed E-state index contributed by atoms with van der Waals surface area (Å²) in [6.07, 6.45) is 1.85. The normalized spacial score (nSPS) is 15.0. The first kappa shape index (κ1) is 28.5. The fourth-order valence-corrected chi connectivity index (χ4v) is 6.15. The molecule has 212 valence electrons. The molecule has 0 aromatic heterocycles. The van der Waals surface area contributed by atoms with Gasteiger partial charge in [-0.2, -0.15) is 0 Å². The summed E-state index contributed by atoms with van der Waals surface area (Å²) in [5.74, 6) is -0.458. The maximum atomic E-state index is 13.6. The van der Waals surface area contributed by atoms with Gasteiger partial charge in [-0.25, -0.2) is 9.79 Å². The number of fused-ring (bicyclic) bond motifs is 1. The molecule has 0 bridgehead atoms. The molecule has 6 nitrogen and oxygen atoms in total. The van der Waals surface area contributed by atoms with E-state index in [1.165, 1.54) is 34.7 Å². The topological polar surface area (TPSA) is 79.2 Å². The van der Waals surface area contributed by atoms with Gasteiger partial charge in [0.1, 0.15) is 12.4 Å². The molecular formula is C35H25BrN2O4S. The van der Waals surface area contributed by atoms with Crippen LogP contribution < -0.4 is 4.74 Å². The van der Waals surface area contributed by atoms with E-state index in [1.807, 2.05) is 66.7 Å². The summed E-state index contributed by atoms with van der Waals surface area (Å²) < 4.78 is 6.89. The van der Waals surface area contributed by atoms with E-state index in [0.29, 0.717) is 22.4 Å². The van der Waals surface area contributed by atoms with Crippen molar-refractivity contribution in [3.05, 3.63) is 147 Å². The second-order valence-electron chi connectivity index (χ2n) is 9.89. The van der Waals surface area contributed by atoms with Crippen LogP contribution in [0.25, 0.3) is 16.8 Å². The predicted molar refractivity (Wildman–Crippen MR) is 175 cm³/mol. The number of ether oxygens (including phenoxy) is 1. The standard InChI is InChI=1S/C35H25BrN2O4S/c36-30-19-24(13-17-31(30)42-22-25-12-14-26-6-4-5-7-28(26)18-25)20-32-33(39)38(21-23-10-15-27(16-11-23)34(40)41)35(43-32)37-29-8-2-1-3-9-29/h1-20H,21-22H2,(H,40,41)/b32-20-,37-35?. The molecule has 43 heavy (non-hydrogen) atoms. The zero-order chi connectivity index (χ0) is 29.8. The summed E-state index contributed by atoms with van der Waals surface area (Å²) in [4.78, 5) is 31.8. The molecule has 5 aromatic carbocycles. The number of carbonyl (C=O) groups is 2. The van der Waals surface area contributed by atoms with Crippen LogP contribution in [0.15, 0.2) is 130 Å². The van der Waals surface area contributed by atoms with Crippen LogP contribution in [0.1, 0.15) is 27.0 Å². The van der Waals surface area contributed by atoms with Crippen molar-refractivity contribution in [1.82, 2.24) is 4.90 Å². The van der Waals surface area contributed by atoms with E-state index >= 15 is 0 Å². The van der Waals surface area contributed by atoms with Gasteiger partial charge in [0.05, 0.1) is 27.2 Å². The molecule has 0 radical (unpaired) electrons. The summed E-state index contributed by atoms with van der Waals surface area (Å²) >= 11 is 4.94. The van der Waals surface area contributed by atoms with E-state index < -0.39 is 5.97 Å². The number of thioether (sulfide) groups is 1. The third kappa shape index (κ3) is 6.71. The molecule has 1 heterocycles. The number of benzene rings is 5. The van der Waals surface area contributed by atoms with E-state index in [2.05, 4.69) is 46.3 Å². The minimum Gasteiger partial charge on any atom is -0.488 e. The number of amides is 1. The third-order valence-corrected chi connectivity index (χ3v) is 8.50. The average molecular weight is 650 g/mol. The van der Waals surface area contributed by atoms with Crippen molar-refractivity contribution in [2.24, 2.45) is 4.99 Å². The number of hydrogen-bond acceptors (Lipinski definition) is 5. The number of halogens is 1. The van der Waals surface area contributed by atoms with Crippen LogP contribution in [-0.2, 0) is 17.9 Å². The van der Waals surface area contributed by atoms with Gasteiger partial charge in [-0.15, -0.1) is 0 Å². The highest BCUT2D eigenvalue weighted by Crippen LogP contribution is 2.36. The molecule has 1 aliphatic heterocycles. The number of rotatable bonds is 8. The first-order valence-corrected chi connectivity index (χ1v) is 15.1. The lowest BCUT2D eigenvalue weighted by Crippen LogP contribution is -2.28. The molecule has 1 fully saturated rings. The number of carbonyl (C=O) groups excluding carboxylic acids is 1. The van der Waals surface area contributed by atoms with Gasteiger partial charge in [0.25, 0.3) is 5.91 Å². The van der Waals surface area contributed by atoms with Crippen molar-refractivity contribution in [1.29, 1.82) is 0 Å². The summed E-state index contributed by atoms with van der Waals surface area (Å²) in [5.41, 5.74) is 3.65. The quantitative estimate of drug-likeness (QED) is 0.170. The molecular weight excluding hydrogens is 624 g/mol. The molecule has 0 atom stereocenters. The monoisotopic (exact) mass is 648 g/mol. The van der Waals surface area contributed by atoms with Gasteiger partial charge in [-0.1, -0.05) is 72.8 Å². The van der Waals surface area contributed by atoms with Gasteiger partial charge in [0, 0.05) is 0 Å². The number of hydrogen-bond donors (Lipinski definition) is 1. The molecule has 0 saturated carbocycles. The summed E-state index contributed by atoms with van der Waals surface area (Å²) in [5, 5.41) is 12.1. The van der Waals surface area contributed by atoms with E-state index in [1.54, 1.807) is 17.0 Å². The largest absolute Gasteiger partial charge is 0.488 e. The molecule has 5 aromatic rings. The molecule has 1 saturated heterocycles. The van der Waals surface area contributed by atoms with Gasteiger partial charge < -0.3 is 9.84 Å². The zero-order valence-electron chi connectivity index (χ0n) is 22.8. The second-order valence-corrected chi connectivity index (χ2v) is 11.8. The minimum atomic E-state index is -0.993. The highest BCUT2D eigenvalue weighted by atomic mass is 79.9. The van der Waals surface area contributed by atoms with E-state index in [4.69, 9.17) is 9.73 Å². The molecule has 0 spiro atoms. The third-order valence-electron chi connectivity index (χ3n) is 6.87. The smallest absolute Gasteiger partial charge is 0.335 e. The van der Waals surface area contributed by atoms with Gasteiger partial charge in [-0.3, -0.25) is 9.69 Å².